The fraction of sp³-hybridized carbons (Fsp3) is 0.368. The Hall–Kier alpha value is -1.80. The average molecular weight is 282 g/mol. The van der Waals surface area contributed by atoms with Crippen molar-refractivity contribution in [2.45, 2.75) is 38.2 Å². The zero-order valence-electron chi connectivity index (χ0n) is 12.6. The number of aliphatic hydroxyl groups is 1. The van der Waals surface area contributed by atoms with Gasteiger partial charge in [-0.3, -0.25) is 0 Å². The number of para-hydroxylation sites is 1. The van der Waals surface area contributed by atoms with Crippen molar-refractivity contribution < 1.29 is 9.84 Å². The molecule has 21 heavy (non-hydrogen) atoms. The Labute approximate surface area is 126 Å². The minimum atomic E-state index is -0.404. The van der Waals surface area contributed by atoms with Crippen LogP contribution in [0.15, 0.2) is 48.5 Å². The monoisotopic (exact) mass is 282 g/mol. The third-order valence-electron chi connectivity index (χ3n) is 4.29. The van der Waals surface area contributed by atoms with E-state index in [1.807, 2.05) is 18.2 Å². The molecule has 2 unspecified atom stereocenters. The van der Waals surface area contributed by atoms with Crippen LogP contribution in [-0.4, -0.2) is 17.8 Å². The highest BCUT2D eigenvalue weighted by Crippen LogP contribution is 2.36. The summed E-state index contributed by atoms with van der Waals surface area (Å²) in [6.45, 7) is 4.96. The lowest BCUT2D eigenvalue weighted by atomic mass is 9.90. The van der Waals surface area contributed by atoms with Crippen LogP contribution in [0.1, 0.15) is 42.4 Å². The van der Waals surface area contributed by atoms with E-state index in [1.165, 1.54) is 11.1 Å². The van der Waals surface area contributed by atoms with Crippen LogP contribution >= 0.6 is 0 Å². The number of ether oxygens (including phenoxy) is 1. The zero-order chi connectivity index (χ0) is 14.8. The maximum absolute atomic E-state index is 10.5. The molecule has 2 atom stereocenters. The van der Waals surface area contributed by atoms with Crippen molar-refractivity contribution in [2.75, 3.05) is 6.61 Å². The molecule has 2 heteroatoms. The van der Waals surface area contributed by atoms with Crippen LogP contribution < -0.4 is 4.74 Å². The van der Waals surface area contributed by atoms with E-state index in [2.05, 4.69) is 44.2 Å². The molecule has 0 saturated heterocycles. The summed E-state index contributed by atoms with van der Waals surface area (Å²) < 4.78 is 5.66. The Bertz CT molecular complexity index is 601. The van der Waals surface area contributed by atoms with E-state index in [4.69, 9.17) is 4.74 Å². The van der Waals surface area contributed by atoms with Crippen LogP contribution in [0.2, 0.25) is 0 Å². The molecular weight excluding hydrogens is 260 g/mol. The molecule has 0 saturated carbocycles. The van der Waals surface area contributed by atoms with Gasteiger partial charge in [0, 0.05) is 11.5 Å². The summed E-state index contributed by atoms with van der Waals surface area (Å²) in [7, 11) is 0. The van der Waals surface area contributed by atoms with Crippen LogP contribution in [0, 0.1) is 0 Å². The highest BCUT2D eigenvalue weighted by Gasteiger charge is 2.29. The number of hydrogen-bond donors (Lipinski definition) is 1. The Morgan fingerprint density at radius 1 is 1.10 bits per heavy atom. The molecule has 1 aliphatic heterocycles. The molecule has 2 nitrogen and oxygen atoms in total. The average Bonchev–Trinajstić information content (AvgIpc) is 2.92. The van der Waals surface area contributed by atoms with Gasteiger partial charge in [0.15, 0.2) is 0 Å². The minimum Gasteiger partial charge on any atom is -0.493 e. The van der Waals surface area contributed by atoms with Crippen molar-refractivity contribution in [3.8, 4) is 5.75 Å². The van der Waals surface area contributed by atoms with Crippen molar-refractivity contribution in [1.82, 2.24) is 0 Å². The van der Waals surface area contributed by atoms with Gasteiger partial charge >= 0.3 is 0 Å². The van der Waals surface area contributed by atoms with Crippen LogP contribution in [-0.2, 0) is 6.42 Å². The number of aliphatic hydroxyl groups excluding tert-OH is 1. The molecule has 2 aromatic carbocycles. The summed E-state index contributed by atoms with van der Waals surface area (Å²) >= 11 is 0. The Morgan fingerprint density at radius 2 is 1.81 bits per heavy atom. The fourth-order valence-corrected chi connectivity index (χ4v) is 2.93. The van der Waals surface area contributed by atoms with E-state index in [-0.39, 0.29) is 5.92 Å². The topological polar surface area (TPSA) is 29.5 Å². The van der Waals surface area contributed by atoms with Crippen LogP contribution in [0.3, 0.4) is 0 Å². The maximum Gasteiger partial charge on any atom is 0.123 e. The smallest absolute Gasteiger partial charge is 0.123 e. The molecule has 0 spiro atoms. The van der Waals surface area contributed by atoms with Crippen molar-refractivity contribution >= 4 is 0 Å². The molecular formula is C19H22O2. The standard InChI is InChI=1S/C19H22O2/c1-13(2)15-9-7-14(8-10-15)11-18(20)17-12-21-19-6-4-3-5-16(17)19/h3-10,13,17-18,20H,11-12H2,1-2H3. The van der Waals surface area contributed by atoms with E-state index < -0.39 is 6.10 Å². The number of fused-ring (bicyclic) bond motifs is 1. The first-order chi connectivity index (χ1) is 10.1. The van der Waals surface area contributed by atoms with Gasteiger partial charge in [-0.25, -0.2) is 0 Å². The Morgan fingerprint density at radius 3 is 2.52 bits per heavy atom. The first-order valence-electron chi connectivity index (χ1n) is 7.64. The summed E-state index contributed by atoms with van der Waals surface area (Å²) in [5, 5.41) is 10.5. The van der Waals surface area contributed by atoms with Crippen LogP contribution in [0.4, 0.5) is 0 Å². The summed E-state index contributed by atoms with van der Waals surface area (Å²) in [5.74, 6) is 1.53. The van der Waals surface area contributed by atoms with Gasteiger partial charge in [-0.1, -0.05) is 56.3 Å². The molecule has 0 aromatic heterocycles. The molecule has 0 radical (unpaired) electrons. The van der Waals surface area contributed by atoms with Gasteiger partial charge in [-0.2, -0.15) is 0 Å². The second kappa shape index (κ2) is 5.90. The molecule has 1 N–H and O–H groups in total. The quantitative estimate of drug-likeness (QED) is 0.922. The molecule has 110 valence electrons. The summed E-state index contributed by atoms with van der Waals surface area (Å²) in [4.78, 5) is 0. The lowest BCUT2D eigenvalue weighted by molar-refractivity contribution is 0.129. The van der Waals surface area contributed by atoms with Crippen LogP contribution in [0.5, 0.6) is 5.75 Å². The Kier molecular flexibility index (Phi) is 3.98. The van der Waals surface area contributed by atoms with Gasteiger partial charge in [-0.15, -0.1) is 0 Å². The molecule has 0 aliphatic carbocycles. The predicted octanol–water partition coefficient (Wildman–Crippen LogP) is 3.89. The van der Waals surface area contributed by atoms with Gasteiger partial charge in [0.1, 0.15) is 5.75 Å². The van der Waals surface area contributed by atoms with Crippen LogP contribution in [0.25, 0.3) is 0 Å². The molecule has 3 rings (SSSR count). The van der Waals surface area contributed by atoms with Gasteiger partial charge in [-0.05, 0) is 29.5 Å². The second-order valence-electron chi connectivity index (χ2n) is 6.12. The number of hydrogen-bond acceptors (Lipinski definition) is 2. The second-order valence-corrected chi connectivity index (χ2v) is 6.12. The molecule has 1 aliphatic rings. The van der Waals surface area contributed by atoms with Gasteiger partial charge < -0.3 is 9.84 Å². The van der Waals surface area contributed by atoms with Gasteiger partial charge in [0.25, 0.3) is 0 Å². The molecule has 1 heterocycles. The van der Waals surface area contributed by atoms with E-state index in [9.17, 15) is 5.11 Å². The molecule has 0 fully saturated rings. The number of benzene rings is 2. The molecule has 0 amide bonds. The zero-order valence-corrected chi connectivity index (χ0v) is 12.6. The fourth-order valence-electron chi connectivity index (χ4n) is 2.93. The van der Waals surface area contributed by atoms with Crippen molar-refractivity contribution in [3.63, 3.8) is 0 Å². The van der Waals surface area contributed by atoms with Crippen molar-refractivity contribution in [2.24, 2.45) is 0 Å². The third-order valence-corrected chi connectivity index (χ3v) is 4.29. The van der Waals surface area contributed by atoms with E-state index in [0.29, 0.717) is 18.9 Å². The molecule has 0 bridgehead atoms. The highest BCUT2D eigenvalue weighted by molar-refractivity contribution is 5.40. The summed E-state index contributed by atoms with van der Waals surface area (Å²) in [6, 6.07) is 16.6. The highest BCUT2D eigenvalue weighted by atomic mass is 16.5. The van der Waals surface area contributed by atoms with E-state index in [0.717, 1.165) is 11.3 Å². The minimum absolute atomic E-state index is 0.0750. The van der Waals surface area contributed by atoms with Gasteiger partial charge in [0.05, 0.1) is 12.7 Å². The predicted molar refractivity (Wildman–Crippen MR) is 84.9 cm³/mol. The first-order valence-corrected chi connectivity index (χ1v) is 7.64. The third kappa shape index (κ3) is 2.96. The SMILES string of the molecule is CC(C)c1ccc(CC(O)C2COc3ccccc32)cc1. The summed E-state index contributed by atoms with van der Waals surface area (Å²) in [5.41, 5.74) is 3.64. The van der Waals surface area contributed by atoms with E-state index in [1.54, 1.807) is 0 Å². The maximum atomic E-state index is 10.5. The van der Waals surface area contributed by atoms with Crippen molar-refractivity contribution in [3.05, 3.63) is 65.2 Å². The van der Waals surface area contributed by atoms with E-state index >= 15 is 0 Å². The lowest BCUT2D eigenvalue weighted by Gasteiger charge is -2.17. The normalized spacial score (nSPS) is 18.4. The Balaban J connectivity index is 1.71. The van der Waals surface area contributed by atoms with Gasteiger partial charge in [0.2, 0.25) is 0 Å². The van der Waals surface area contributed by atoms with Crippen molar-refractivity contribution in [1.29, 1.82) is 0 Å². The number of rotatable bonds is 4. The molecule has 2 aromatic rings. The first kappa shape index (κ1) is 14.2. The summed E-state index contributed by atoms with van der Waals surface area (Å²) in [6.07, 6.45) is 0.263. The lowest BCUT2D eigenvalue weighted by Crippen LogP contribution is -2.22. The largest absolute Gasteiger partial charge is 0.493 e.